The van der Waals surface area contributed by atoms with Crippen LogP contribution in [-0.4, -0.2) is 83.8 Å². The number of aromatic nitrogens is 3. The number of benzene rings is 1. The van der Waals surface area contributed by atoms with Gasteiger partial charge in [-0.25, -0.2) is 27.5 Å². The molecular weight excluding hydrogens is 604 g/mol. The summed E-state index contributed by atoms with van der Waals surface area (Å²) in [5, 5.41) is 3.68. The van der Waals surface area contributed by atoms with E-state index in [1.807, 2.05) is 13.8 Å². The molecule has 1 amide bonds. The van der Waals surface area contributed by atoms with Crippen LogP contribution >= 0.6 is 0 Å². The normalized spacial score (nSPS) is 18.6. The maximum Gasteiger partial charge on any atom is 0.278 e. The third-order valence-corrected chi connectivity index (χ3v) is 9.68. The molecule has 0 radical (unpaired) electrons. The summed E-state index contributed by atoms with van der Waals surface area (Å²) in [6, 6.07) is 5.47. The van der Waals surface area contributed by atoms with Crippen molar-refractivity contribution in [3.05, 3.63) is 53.1 Å². The van der Waals surface area contributed by atoms with Crippen LogP contribution in [0.25, 0.3) is 11.0 Å². The number of methoxy groups -OCH3 is 2. The highest BCUT2D eigenvalue weighted by atomic mass is 19.3. The van der Waals surface area contributed by atoms with Gasteiger partial charge in [-0.1, -0.05) is 18.2 Å². The lowest BCUT2D eigenvalue weighted by atomic mass is 9.84. The van der Waals surface area contributed by atoms with Gasteiger partial charge >= 0.3 is 0 Å². The van der Waals surface area contributed by atoms with E-state index in [4.69, 9.17) is 9.47 Å². The molecule has 9 nitrogen and oxygen atoms in total. The number of hydrogen-bond donors (Lipinski definition) is 1. The minimum absolute atomic E-state index is 0.0866. The van der Waals surface area contributed by atoms with E-state index in [2.05, 4.69) is 25.2 Å². The second-order valence-electron chi connectivity index (χ2n) is 12.5. The second kappa shape index (κ2) is 13.6. The molecule has 4 heterocycles. The first kappa shape index (κ1) is 33.8. The predicted molar refractivity (Wildman–Crippen MR) is 166 cm³/mol. The van der Waals surface area contributed by atoms with Gasteiger partial charge < -0.3 is 24.6 Å². The highest BCUT2D eigenvalue weighted by molar-refractivity contribution is 5.87. The van der Waals surface area contributed by atoms with Crippen LogP contribution in [0.4, 0.5) is 23.4 Å². The molecular formula is C33H42F4N6O3. The number of pyridine rings is 1. The number of ether oxygens (including phenoxy) is 2. The number of halogens is 4. The molecule has 0 bridgehead atoms. The van der Waals surface area contributed by atoms with Crippen molar-refractivity contribution in [1.29, 1.82) is 0 Å². The average molecular weight is 647 g/mol. The molecule has 5 rings (SSSR count). The van der Waals surface area contributed by atoms with Crippen LogP contribution in [-0.2, 0) is 21.1 Å². The third kappa shape index (κ3) is 6.35. The first-order valence-electron chi connectivity index (χ1n) is 15.7. The monoisotopic (exact) mass is 646 g/mol. The number of likely N-dealkylation sites (tertiary alicyclic amines) is 2. The van der Waals surface area contributed by atoms with E-state index >= 15 is 13.2 Å². The van der Waals surface area contributed by atoms with Crippen LogP contribution in [0, 0.1) is 11.7 Å². The molecule has 3 aromatic rings. The Morgan fingerprint density at radius 3 is 2.41 bits per heavy atom. The highest BCUT2D eigenvalue weighted by Gasteiger charge is 2.45. The van der Waals surface area contributed by atoms with Crippen molar-refractivity contribution in [3.8, 4) is 5.88 Å². The van der Waals surface area contributed by atoms with Crippen molar-refractivity contribution >= 4 is 22.8 Å². The third-order valence-electron chi connectivity index (χ3n) is 9.68. The Kier molecular flexibility index (Phi) is 10.0. The molecule has 0 saturated carbocycles. The topological polar surface area (TPSA) is 92.7 Å². The lowest BCUT2D eigenvalue weighted by Crippen LogP contribution is -2.46. The molecule has 2 saturated heterocycles. The predicted octanol–water partition coefficient (Wildman–Crippen LogP) is 5.99. The van der Waals surface area contributed by atoms with Crippen molar-refractivity contribution in [1.82, 2.24) is 24.8 Å². The number of hydrogen-bond acceptors (Lipinski definition) is 8. The lowest BCUT2D eigenvalue weighted by molar-refractivity contribution is -0.138. The first-order valence-corrected chi connectivity index (χ1v) is 15.7. The quantitative estimate of drug-likeness (QED) is 0.269. The smallest absolute Gasteiger partial charge is 0.278 e. The summed E-state index contributed by atoms with van der Waals surface area (Å²) >= 11 is 0. The largest absolute Gasteiger partial charge is 0.481 e. The molecule has 250 valence electrons. The SMILES string of the molecule is COc1nc2ncnc(N[C@H](C)c3cccc(C(F)(F)C4CCN(C(C)C)CC4)c3F)c2cc1C1(OC)CCN(C(=O)CF)CC1. The summed E-state index contributed by atoms with van der Waals surface area (Å²) in [6.07, 6.45) is 2.63. The minimum Gasteiger partial charge on any atom is -0.481 e. The number of alkyl halides is 3. The van der Waals surface area contributed by atoms with Crippen LogP contribution < -0.4 is 10.1 Å². The van der Waals surface area contributed by atoms with Crippen molar-refractivity contribution in [3.63, 3.8) is 0 Å². The van der Waals surface area contributed by atoms with E-state index < -0.39 is 47.4 Å². The number of carbonyl (C=O) groups excluding carboxylic acids is 1. The second-order valence-corrected chi connectivity index (χ2v) is 12.5. The fourth-order valence-electron chi connectivity index (χ4n) is 6.78. The highest BCUT2D eigenvalue weighted by Crippen LogP contribution is 2.45. The van der Waals surface area contributed by atoms with Gasteiger partial charge in [-0.15, -0.1) is 0 Å². The summed E-state index contributed by atoms with van der Waals surface area (Å²) < 4.78 is 72.2. The fraction of sp³-hybridized carbons (Fsp3) is 0.576. The Balaban J connectivity index is 1.44. The fourth-order valence-corrected chi connectivity index (χ4v) is 6.78. The van der Waals surface area contributed by atoms with Crippen molar-refractivity contribution in [2.45, 2.75) is 70.1 Å². The van der Waals surface area contributed by atoms with E-state index in [9.17, 15) is 9.18 Å². The average Bonchev–Trinajstić information content (AvgIpc) is 3.07. The minimum atomic E-state index is -3.32. The van der Waals surface area contributed by atoms with Gasteiger partial charge in [0.1, 0.15) is 23.6 Å². The van der Waals surface area contributed by atoms with Crippen LogP contribution in [0.3, 0.4) is 0 Å². The molecule has 0 spiro atoms. The van der Waals surface area contributed by atoms with E-state index in [0.717, 1.165) is 0 Å². The van der Waals surface area contributed by atoms with Crippen molar-refractivity contribution in [2.75, 3.05) is 52.4 Å². The molecule has 2 aromatic heterocycles. The van der Waals surface area contributed by atoms with Gasteiger partial charge in [-0.3, -0.25) is 4.79 Å². The summed E-state index contributed by atoms with van der Waals surface area (Å²) in [4.78, 5) is 28.9. The Bertz CT molecular complexity index is 1540. The maximum absolute atomic E-state index is 16.0. The Hall–Kier alpha value is -3.58. The number of nitrogens with zero attached hydrogens (tertiary/aromatic N) is 5. The van der Waals surface area contributed by atoms with Gasteiger partial charge in [0.25, 0.3) is 11.8 Å². The van der Waals surface area contributed by atoms with Crippen LogP contribution in [0.5, 0.6) is 5.88 Å². The van der Waals surface area contributed by atoms with E-state index in [0.29, 0.717) is 61.2 Å². The number of nitrogens with one attached hydrogen (secondary N) is 1. The van der Waals surface area contributed by atoms with Crippen molar-refractivity contribution < 1.29 is 31.8 Å². The van der Waals surface area contributed by atoms with Gasteiger partial charge in [0.15, 0.2) is 12.3 Å². The number of fused-ring (bicyclic) bond motifs is 1. The lowest BCUT2D eigenvalue weighted by Gasteiger charge is -2.41. The first-order chi connectivity index (χ1) is 21.9. The summed E-state index contributed by atoms with van der Waals surface area (Å²) in [5.41, 5.74) is -0.504. The van der Waals surface area contributed by atoms with Gasteiger partial charge in [0.05, 0.1) is 24.1 Å². The molecule has 1 atom stereocenters. The molecule has 1 N–H and O–H groups in total. The molecule has 1 aromatic carbocycles. The zero-order chi connectivity index (χ0) is 33.2. The van der Waals surface area contributed by atoms with Gasteiger partial charge in [0, 0.05) is 43.3 Å². The molecule has 2 aliphatic rings. The van der Waals surface area contributed by atoms with Gasteiger partial charge in [-0.05, 0) is 65.6 Å². The number of carbonyl (C=O) groups is 1. The zero-order valence-electron chi connectivity index (χ0n) is 27.0. The number of anilines is 1. The van der Waals surface area contributed by atoms with E-state index in [1.54, 1.807) is 20.1 Å². The summed E-state index contributed by atoms with van der Waals surface area (Å²) in [7, 11) is 3.03. The number of rotatable bonds is 10. The number of piperidine rings is 2. The summed E-state index contributed by atoms with van der Waals surface area (Å²) in [5.74, 6) is -5.19. The standard InChI is InChI=1S/C33H42F4N6O3/c1-20(2)42-13-9-22(10-14-42)33(36,37)25-8-6-7-23(28(25)35)21(3)40-29-24-17-26(31(45-4)41-30(24)39-19-38-29)32(46-5)11-15-43(16-12-32)27(44)18-34/h6-8,17,19-22H,9-16,18H2,1-5H3,(H,38,39,40,41)/t21-/m1/s1. The summed E-state index contributed by atoms with van der Waals surface area (Å²) in [6.45, 7) is 6.37. The molecule has 46 heavy (non-hydrogen) atoms. The molecule has 2 fully saturated rings. The molecule has 0 unspecified atom stereocenters. The maximum atomic E-state index is 16.0. The molecule has 13 heteroatoms. The number of amides is 1. The van der Waals surface area contributed by atoms with Gasteiger partial charge in [0.2, 0.25) is 5.88 Å². The van der Waals surface area contributed by atoms with Crippen molar-refractivity contribution in [2.24, 2.45) is 5.92 Å². The Labute approximate surface area is 266 Å². The molecule has 0 aliphatic carbocycles. The van der Waals surface area contributed by atoms with Gasteiger partial charge in [-0.2, -0.15) is 4.98 Å². The Morgan fingerprint density at radius 2 is 1.80 bits per heavy atom. The van der Waals surface area contributed by atoms with Crippen LogP contribution in [0.1, 0.15) is 69.2 Å². The van der Waals surface area contributed by atoms with Crippen LogP contribution in [0.15, 0.2) is 30.6 Å². The molecule has 2 aliphatic heterocycles. The van der Waals surface area contributed by atoms with E-state index in [1.165, 1.54) is 36.5 Å². The van der Waals surface area contributed by atoms with E-state index in [-0.39, 0.29) is 30.6 Å². The van der Waals surface area contributed by atoms with Crippen LogP contribution in [0.2, 0.25) is 0 Å². The Morgan fingerprint density at radius 1 is 1.11 bits per heavy atom. The zero-order valence-corrected chi connectivity index (χ0v) is 27.0.